The molecule has 0 radical (unpaired) electrons. The standard InChI is InChI=1S/C20H21N5/c1-4-25(5-2)17-10-8-15(9-11-17)13-16(14-21)19-23-18-7-6-12-22-20(18)24(19)3/h6-13H,4-5H2,1-3H3/b16-13+. The van der Waals surface area contributed by atoms with Crippen molar-refractivity contribution < 1.29 is 0 Å². The van der Waals surface area contributed by atoms with E-state index in [9.17, 15) is 5.26 Å². The summed E-state index contributed by atoms with van der Waals surface area (Å²) >= 11 is 0. The maximum Gasteiger partial charge on any atom is 0.160 e. The number of hydrogen-bond donors (Lipinski definition) is 0. The highest BCUT2D eigenvalue weighted by molar-refractivity contribution is 5.90. The number of aryl methyl sites for hydroxylation is 1. The molecule has 0 aliphatic rings. The molecule has 0 saturated heterocycles. The molecule has 25 heavy (non-hydrogen) atoms. The fraction of sp³-hybridized carbons (Fsp3) is 0.250. The maximum atomic E-state index is 9.61. The Morgan fingerprint density at radius 3 is 2.52 bits per heavy atom. The van der Waals surface area contributed by atoms with E-state index in [2.05, 4.69) is 46.9 Å². The van der Waals surface area contributed by atoms with E-state index >= 15 is 0 Å². The quantitative estimate of drug-likeness (QED) is 0.666. The van der Waals surface area contributed by atoms with Gasteiger partial charge in [-0.3, -0.25) is 0 Å². The molecule has 0 saturated carbocycles. The fourth-order valence-corrected chi connectivity index (χ4v) is 2.95. The van der Waals surface area contributed by atoms with Crippen LogP contribution in [0.3, 0.4) is 0 Å². The summed E-state index contributed by atoms with van der Waals surface area (Å²) in [6, 6.07) is 14.3. The lowest BCUT2D eigenvalue weighted by molar-refractivity contribution is 0.866. The summed E-state index contributed by atoms with van der Waals surface area (Å²) in [5.41, 5.74) is 4.25. The number of benzene rings is 1. The topological polar surface area (TPSA) is 57.7 Å². The van der Waals surface area contributed by atoms with E-state index in [4.69, 9.17) is 0 Å². The minimum absolute atomic E-state index is 0.524. The Balaban J connectivity index is 1.97. The number of anilines is 1. The number of pyridine rings is 1. The molecule has 2 aromatic heterocycles. The number of aromatic nitrogens is 3. The average Bonchev–Trinajstić information content (AvgIpc) is 2.99. The van der Waals surface area contributed by atoms with E-state index < -0.39 is 0 Å². The predicted molar refractivity (Wildman–Crippen MR) is 102 cm³/mol. The van der Waals surface area contributed by atoms with Gasteiger partial charge in [0.1, 0.15) is 11.6 Å². The van der Waals surface area contributed by atoms with E-state index in [1.54, 1.807) is 6.20 Å². The Labute approximate surface area is 147 Å². The molecule has 126 valence electrons. The van der Waals surface area contributed by atoms with Gasteiger partial charge in [-0.1, -0.05) is 12.1 Å². The summed E-state index contributed by atoms with van der Waals surface area (Å²) < 4.78 is 1.86. The van der Waals surface area contributed by atoms with Gasteiger partial charge in [0.15, 0.2) is 11.5 Å². The Morgan fingerprint density at radius 2 is 1.92 bits per heavy atom. The lowest BCUT2D eigenvalue weighted by Gasteiger charge is -2.20. The average molecular weight is 331 g/mol. The van der Waals surface area contributed by atoms with Gasteiger partial charge in [0.05, 0.1) is 5.57 Å². The summed E-state index contributed by atoms with van der Waals surface area (Å²) in [6.45, 7) is 6.24. The van der Waals surface area contributed by atoms with Crippen molar-refractivity contribution in [3.63, 3.8) is 0 Å². The predicted octanol–water partition coefficient (Wildman–Crippen LogP) is 3.88. The van der Waals surface area contributed by atoms with Crippen molar-refractivity contribution >= 4 is 28.5 Å². The van der Waals surface area contributed by atoms with Crippen molar-refractivity contribution in [3.05, 3.63) is 54.0 Å². The van der Waals surface area contributed by atoms with Crippen LogP contribution in [0.25, 0.3) is 22.8 Å². The second-order valence-corrected chi connectivity index (χ2v) is 5.77. The second-order valence-electron chi connectivity index (χ2n) is 5.77. The maximum absolute atomic E-state index is 9.61. The monoisotopic (exact) mass is 331 g/mol. The summed E-state index contributed by atoms with van der Waals surface area (Å²) in [7, 11) is 1.88. The highest BCUT2D eigenvalue weighted by Gasteiger charge is 2.12. The molecule has 0 aliphatic heterocycles. The second kappa shape index (κ2) is 7.18. The molecule has 0 atom stereocenters. The van der Waals surface area contributed by atoms with Gasteiger partial charge in [0.25, 0.3) is 0 Å². The first-order chi connectivity index (χ1) is 12.2. The van der Waals surface area contributed by atoms with Gasteiger partial charge < -0.3 is 9.47 Å². The number of nitrogens with zero attached hydrogens (tertiary/aromatic N) is 5. The van der Waals surface area contributed by atoms with Gasteiger partial charge in [-0.2, -0.15) is 5.26 Å². The van der Waals surface area contributed by atoms with E-state index in [0.717, 1.165) is 29.8 Å². The zero-order valence-corrected chi connectivity index (χ0v) is 14.8. The molecule has 0 N–H and O–H groups in total. The smallest absolute Gasteiger partial charge is 0.160 e. The first kappa shape index (κ1) is 16.7. The van der Waals surface area contributed by atoms with Crippen molar-refractivity contribution in [1.29, 1.82) is 5.26 Å². The number of allylic oxidation sites excluding steroid dienone is 1. The lowest BCUT2D eigenvalue weighted by atomic mass is 10.1. The number of imidazole rings is 1. The van der Waals surface area contributed by atoms with Gasteiger partial charge in [0, 0.05) is 32.0 Å². The van der Waals surface area contributed by atoms with Crippen LogP contribution in [0, 0.1) is 11.3 Å². The third-order valence-electron chi connectivity index (χ3n) is 4.32. The largest absolute Gasteiger partial charge is 0.372 e. The molecular weight excluding hydrogens is 310 g/mol. The van der Waals surface area contributed by atoms with Crippen molar-refractivity contribution in [2.45, 2.75) is 13.8 Å². The molecule has 0 amide bonds. The van der Waals surface area contributed by atoms with Crippen molar-refractivity contribution in [3.8, 4) is 6.07 Å². The normalized spacial score (nSPS) is 11.5. The molecular formula is C20H21N5. The molecule has 3 rings (SSSR count). The van der Waals surface area contributed by atoms with E-state index in [1.807, 2.05) is 42.0 Å². The highest BCUT2D eigenvalue weighted by Crippen LogP contribution is 2.22. The lowest BCUT2D eigenvalue weighted by Crippen LogP contribution is -2.21. The Bertz CT molecular complexity index is 940. The Hall–Kier alpha value is -3.13. The zero-order chi connectivity index (χ0) is 17.8. The van der Waals surface area contributed by atoms with Crippen LogP contribution in [0.4, 0.5) is 5.69 Å². The molecule has 0 aliphatic carbocycles. The third-order valence-corrected chi connectivity index (χ3v) is 4.32. The molecule has 0 spiro atoms. The van der Waals surface area contributed by atoms with E-state index in [0.29, 0.717) is 11.4 Å². The number of hydrogen-bond acceptors (Lipinski definition) is 4. The zero-order valence-electron chi connectivity index (χ0n) is 14.8. The van der Waals surface area contributed by atoms with Crippen LogP contribution in [0.2, 0.25) is 0 Å². The van der Waals surface area contributed by atoms with Crippen LogP contribution in [0.15, 0.2) is 42.6 Å². The molecule has 0 bridgehead atoms. The van der Waals surface area contributed by atoms with Crippen molar-refractivity contribution in [2.24, 2.45) is 7.05 Å². The molecule has 5 nitrogen and oxygen atoms in total. The number of rotatable bonds is 5. The van der Waals surface area contributed by atoms with Crippen LogP contribution in [-0.4, -0.2) is 27.6 Å². The van der Waals surface area contributed by atoms with Crippen LogP contribution < -0.4 is 4.90 Å². The molecule has 3 aromatic rings. The summed E-state index contributed by atoms with van der Waals surface area (Å²) in [5.74, 6) is 0.629. The van der Waals surface area contributed by atoms with Crippen LogP contribution in [0.1, 0.15) is 25.2 Å². The first-order valence-electron chi connectivity index (χ1n) is 8.42. The molecule has 0 unspecified atom stereocenters. The Morgan fingerprint density at radius 1 is 1.20 bits per heavy atom. The van der Waals surface area contributed by atoms with Gasteiger partial charge in [-0.25, -0.2) is 9.97 Å². The van der Waals surface area contributed by atoms with E-state index in [-0.39, 0.29) is 0 Å². The van der Waals surface area contributed by atoms with Gasteiger partial charge in [-0.05, 0) is 49.8 Å². The first-order valence-corrected chi connectivity index (χ1v) is 8.42. The molecule has 1 aromatic carbocycles. The van der Waals surface area contributed by atoms with E-state index in [1.165, 1.54) is 5.69 Å². The SMILES string of the molecule is CCN(CC)c1ccc(/C=C(\C#N)c2nc3cccnc3n2C)cc1. The van der Waals surface area contributed by atoms with Crippen molar-refractivity contribution in [1.82, 2.24) is 14.5 Å². The van der Waals surface area contributed by atoms with Crippen LogP contribution in [-0.2, 0) is 7.05 Å². The summed E-state index contributed by atoms with van der Waals surface area (Å²) in [4.78, 5) is 11.2. The summed E-state index contributed by atoms with van der Waals surface area (Å²) in [5, 5.41) is 9.61. The number of fused-ring (bicyclic) bond motifs is 1. The molecule has 0 fully saturated rings. The summed E-state index contributed by atoms with van der Waals surface area (Å²) in [6.07, 6.45) is 3.60. The minimum Gasteiger partial charge on any atom is -0.372 e. The van der Waals surface area contributed by atoms with Crippen LogP contribution >= 0.6 is 0 Å². The van der Waals surface area contributed by atoms with Crippen molar-refractivity contribution in [2.75, 3.05) is 18.0 Å². The molecule has 2 heterocycles. The number of nitriles is 1. The van der Waals surface area contributed by atoms with Gasteiger partial charge in [0.2, 0.25) is 0 Å². The third kappa shape index (κ3) is 3.24. The van der Waals surface area contributed by atoms with Gasteiger partial charge >= 0.3 is 0 Å². The Kier molecular flexibility index (Phi) is 4.80. The molecule has 5 heteroatoms. The fourth-order valence-electron chi connectivity index (χ4n) is 2.95. The van der Waals surface area contributed by atoms with Crippen LogP contribution in [0.5, 0.6) is 0 Å². The highest BCUT2D eigenvalue weighted by atomic mass is 15.1. The minimum atomic E-state index is 0.524. The van der Waals surface area contributed by atoms with Gasteiger partial charge in [-0.15, -0.1) is 0 Å².